The van der Waals surface area contributed by atoms with Crippen molar-refractivity contribution in [2.24, 2.45) is 0 Å². The first-order chi connectivity index (χ1) is 13.3. The van der Waals surface area contributed by atoms with Crippen LogP contribution in [0.4, 0.5) is 11.4 Å². The third-order valence-corrected chi connectivity index (χ3v) is 4.90. The van der Waals surface area contributed by atoms with Crippen molar-refractivity contribution in [2.45, 2.75) is 25.8 Å². The van der Waals surface area contributed by atoms with Crippen LogP contribution in [0, 0.1) is 6.92 Å². The molecule has 0 aliphatic carbocycles. The summed E-state index contributed by atoms with van der Waals surface area (Å²) in [6, 6.07) is 9.06. The van der Waals surface area contributed by atoms with E-state index < -0.39 is 17.9 Å². The van der Waals surface area contributed by atoms with Crippen LogP contribution in [0.2, 0.25) is 5.02 Å². The van der Waals surface area contributed by atoms with Gasteiger partial charge < -0.3 is 20.0 Å². The van der Waals surface area contributed by atoms with Crippen LogP contribution >= 0.6 is 11.6 Å². The molecule has 1 atom stereocenters. The quantitative estimate of drug-likeness (QED) is 0.739. The minimum atomic E-state index is -1.17. The maximum Gasteiger partial charge on any atom is 0.256 e. The number of anilines is 2. The number of imide groups is 1. The highest BCUT2D eigenvalue weighted by molar-refractivity contribution is 6.32. The van der Waals surface area contributed by atoms with Crippen LogP contribution in [0.1, 0.15) is 17.5 Å². The van der Waals surface area contributed by atoms with E-state index in [4.69, 9.17) is 16.3 Å². The molecule has 1 saturated heterocycles. The van der Waals surface area contributed by atoms with Crippen molar-refractivity contribution in [3.63, 3.8) is 0 Å². The fourth-order valence-electron chi connectivity index (χ4n) is 3.07. The number of benzene rings is 2. The molecule has 1 N–H and O–H groups in total. The molecule has 0 aromatic heterocycles. The molecular formula is C20H18ClN2O5-. The monoisotopic (exact) mass is 401 g/mol. The summed E-state index contributed by atoms with van der Waals surface area (Å²) in [5, 5.41) is 14.1. The Morgan fingerprint density at radius 2 is 1.96 bits per heavy atom. The van der Waals surface area contributed by atoms with Gasteiger partial charge in [0, 0.05) is 29.2 Å². The van der Waals surface area contributed by atoms with Gasteiger partial charge >= 0.3 is 0 Å². The Morgan fingerprint density at radius 1 is 1.29 bits per heavy atom. The molecule has 1 aliphatic heterocycles. The molecule has 3 rings (SSSR count). The largest absolute Gasteiger partial charge is 0.550 e. The van der Waals surface area contributed by atoms with Gasteiger partial charge in [-0.3, -0.25) is 9.59 Å². The molecule has 2 aromatic rings. The molecule has 8 heteroatoms. The lowest BCUT2D eigenvalue weighted by Gasteiger charge is -2.20. The van der Waals surface area contributed by atoms with Crippen molar-refractivity contribution in [3.05, 3.63) is 52.5 Å². The number of rotatable bonds is 6. The lowest BCUT2D eigenvalue weighted by atomic mass is 10.1. The zero-order chi connectivity index (χ0) is 20.4. The molecule has 1 heterocycles. The lowest BCUT2D eigenvalue weighted by Crippen LogP contribution is -2.35. The molecular weight excluding hydrogens is 384 g/mol. The summed E-state index contributed by atoms with van der Waals surface area (Å²) in [6.07, 6.45) is -0.199. The predicted molar refractivity (Wildman–Crippen MR) is 102 cm³/mol. The van der Waals surface area contributed by atoms with Gasteiger partial charge in [0.2, 0.25) is 5.91 Å². The number of aliphatic carboxylic acids is 1. The topological polar surface area (TPSA) is 98.8 Å². The van der Waals surface area contributed by atoms with E-state index in [1.54, 1.807) is 43.3 Å². The van der Waals surface area contributed by atoms with Gasteiger partial charge in [-0.2, -0.15) is 0 Å². The average molecular weight is 402 g/mol. The minimum absolute atomic E-state index is 0.00947. The summed E-state index contributed by atoms with van der Waals surface area (Å²) in [7, 11) is 1.44. The highest BCUT2D eigenvalue weighted by atomic mass is 35.5. The zero-order valence-electron chi connectivity index (χ0n) is 15.3. The first kappa shape index (κ1) is 19.7. The van der Waals surface area contributed by atoms with Crippen molar-refractivity contribution < 1.29 is 24.2 Å². The highest BCUT2D eigenvalue weighted by Gasteiger charge is 2.41. The molecule has 0 radical (unpaired) electrons. The van der Waals surface area contributed by atoms with Crippen LogP contribution in [0.5, 0.6) is 5.75 Å². The summed E-state index contributed by atoms with van der Waals surface area (Å²) in [4.78, 5) is 37.1. The molecule has 28 heavy (non-hydrogen) atoms. The number of carboxylic acids is 1. The van der Waals surface area contributed by atoms with Gasteiger partial charge in [-0.1, -0.05) is 23.7 Å². The number of carbonyl (C=O) groups is 3. The van der Waals surface area contributed by atoms with Gasteiger partial charge in [0.1, 0.15) is 11.8 Å². The van der Waals surface area contributed by atoms with Crippen molar-refractivity contribution in [3.8, 4) is 5.75 Å². The third kappa shape index (κ3) is 3.94. The van der Waals surface area contributed by atoms with Crippen molar-refractivity contribution >= 4 is 40.8 Å². The molecule has 146 valence electrons. The SMILES string of the molecule is COc1cc(Cl)c(C)cc1N1C(=O)C[C@@H](Nc2ccc(CC(=O)[O-])cc2)C1=O. The zero-order valence-corrected chi connectivity index (χ0v) is 16.1. The van der Waals surface area contributed by atoms with Crippen LogP contribution in [0.3, 0.4) is 0 Å². The average Bonchev–Trinajstić information content (AvgIpc) is 2.91. The highest BCUT2D eigenvalue weighted by Crippen LogP contribution is 2.36. The smallest absolute Gasteiger partial charge is 0.256 e. The van der Waals surface area contributed by atoms with Crippen LogP contribution < -0.4 is 20.1 Å². The number of hydrogen-bond donors (Lipinski definition) is 1. The van der Waals surface area contributed by atoms with E-state index >= 15 is 0 Å². The van der Waals surface area contributed by atoms with Crippen LogP contribution in [-0.2, 0) is 20.8 Å². The second-order valence-electron chi connectivity index (χ2n) is 6.49. The number of methoxy groups -OCH3 is 1. The Balaban J connectivity index is 1.81. The molecule has 2 aromatic carbocycles. The molecule has 0 spiro atoms. The third-order valence-electron chi connectivity index (χ3n) is 4.49. The second kappa shape index (κ2) is 7.90. The van der Waals surface area contributed by atoms with Crippen LogP contribution in [0.25, 0.3) is 0 Å². The Bertz CT molecular complexity index is 942. The summed E-state index contributed by atoms with van der Waals surface area (Å²) in [5.41, 5.74) is 2.27. The predicted octanol–water partition coefficient (Wildman–Crippen LogP) is 1.69. The number of ether oxygens (including phenoxy) is 1. The molecule has 7 nitrogen and oxygen atoms in total. The summed E-state index contributed by atoms with van der Waals surface area (Å²) < 4.78 is 5.28. The van der Waals surface area contributed by atoms with Gasteiger partial charge in [0.05, 0.1) is 19.2 Å². The van der Waals surface area contributed by atoms with E-state index in [1.807, 2.05) is 0 Å². The van der Waals surface area contributed by atoms with Crippen molar-refractivity contribution in [2.75, 3.05) is 17.3 Å². The van der Waals surface area contributed by atoms with E-state index in [-0.39, 0.29) is 18.7 Å². The number of carbonyl (C=O) groups excluding carboxylic acids is 3. The fraction of sp³-hybridized carbons (Fsp3) is 0.250. The maximum atomic E-state index is 12.9. The number of aryl methyl sites for hydroxylation is 1. The number of amides is 2. The summed E-state index contributed by atoms with van der Waals surface area (Å²) in [5.74, 6) is -1.58. The van der Waals surface area contributed by atoms with Gasteiger partial charge in [-0.15, -0.1) is 0 Å². The van der Waals surface area contributed by atoms with Crippen LogP contribution in [0.15, 0.2) is 36.4 Å². The summed E-state index contributed by atoms with van der Waals surface area (Å²) in [6.45, 7) is 1.78. The molecule has 0 unspecified atom stereocenters. The van der Waals surface area contributed by atoms with E-state index in [0.29, 0.717) is 27.7 Å². The first-order valence-electron chi connectivity index (χ1n) is 8.56. The summed E-state index contributed by atoms with van der Waals surface area (Å²) >= 11 is 6.10. The molecule has 0 saturated carbocycles. The van der Waals surface area contributed by atoms with E-state index in [0.717, 1.165) is 10.5 Å². The number of halogens is 1. The van der Waals surface area contributed by atoms with E-state index in [9.17, 15) is 19.5 Å². The lowest BCUT2D eigenvalue weighted by molar-refractivity contribution is -0.304. The molecule has 1 aliphatic rings. The maximum absolute atomic E-state index is 12.9. The number of hydrogen-bond acceptors (Lipinski definition) is 6. The fourth-order valence-corrected chi connectivity index (χ4v) is 3.22. The van der Waals surface area contributed by atoms with Crippen LogP contribution in [-0.4, -0.2) is 30.9 Å². The van der Waals surface area contributed by atoms with Crippen molar-refractivity contribution in [1.82, 2.24) is 0 Å². The number of carboxylic acid groups (broad SMARTS) is 1. The number of nitrogens with one attached hydrogen (secondary N) is 1. The Morgan fingerprint density at radius 3 is 2.57 bits per heavy atom. The van der Waals surface area contributed by atoms with Gasteiger partial charge in [0.25, 0.3) is 5.91 Å². The van der Waals surface area contributed by atoms with Gasteiger partial charge in [-0.25, -0.2) is 4.90 Å². The van der Waals surface area contributed by atoms with E-state index in [1.165, 1.54) is 7.11 Å². The first-order valence-corrected chi connectivity index (χ1v) is 8.94. The Hall–Kier alpha value is -3.06. The van der Waals surface area contributed by atoms with E-state index in [2.05, 4.69) is 5.32 Å². The number of nitrogens with zero attached hydrogens (tertiary/aromatic N) is 1. The van der Waals surface area contributed by atoms with Crippen molar-refractivity contribution in [1.29, 1.82) is 0 Å². The van der Waals surface area contributed by atoms with Gasteiger partial charge in [-0.05, 0) is 36.2 Å². The molecule has 1 fully saturated rings. The molecule has 2 amide bonds. The Kier molecular flexibility index (Phi) is 5.56. The Labute approximate surface area is 166 Å². The normalized spacial score (nSPS) is 16.4. The minimum Gasteiger partial charge on any atom is -0.550 e. The molecule has 0 bridgehead atoms. The van der Waals surface area contributed by atoms with Gasteiger partial charge in [0.15, 0.2) is 0 Å². The second-order valence-corrected chi connectivity index (χ2v) is 6.89. The standard InChI is InChI=1S/C20H19ClN2O5/c1-11-7-16(17(28-2)9-14(11)21)23-18(24)10-15(20(23)27)22-13-5-3-12(4-6-13)8-19(25)26/h3-7,9,15,22H,8,10H2,1-2H3,(H,25,26)/p-1/t15-/m1/s1.